The number of ether oxygens (including phenoxy) is 1. The Kier molecular flexibility index (Phi) is 3.84. The summed E-state index contributed by atoms with van der Waals surface area (Å²) < 4.78 is 8.96. The minimum Gasteiger partial charge on any atom is -0.482 e. The van der Waals surface area contributed by atoms with E-state index in [-0.39, 0.29) is 5.56 Å². The normalized spacial score (nSPS) is 21.3. The van der Waals surface area contributed by atoms with E-state index in [1.165, 1.54) is 0 Å². The molecule has 0 amide bonds. The number of anilines is 1. The topological polar surface area (TPSA) is 85.4 Å². The van der Waals surface area contributed by atoms with Gasteiger partial charge in [-0.1, -0.05) is 0 Å². The van der Waals surface area contributed by atoms with Gasteiger partial charge in [-0.25, -0.2) is 4.98 Å². The van der Waals surface area contributed by atoms with E-state index < -0.39 is 12.2 Å². The first-order valence-electron chi connectivity index (χ1n) is 7.22. The van der Waals surface area contributed by atoms with Gasteiger partial charge in [0.1, 0.15) is 12.2 Å². The van der Waals surface area contributed by atoms with Gasteiger partial charge in [0.05, 0.1) is 18.9 Å². The third-order valence-corrected chi connectivity index (χ3v) is 3.74. The summed E-state index contributed by atoms with van der Waals surface area (Å²) in [4.78, 5) is 18.2. The first-order valence-corrected chi connectivity index (χ1v) is 7.22. The molecule has 22 heavy (non-hydrogen) atoms. The highest BCUT2D eigenvalue weighted by Gasteiger charge is 2.35. The van der Waals surface area contributed by atoms with E-state index in [1.807, 2.05) is 6.92 Å². The number of aliphatic hydroxyl groups excluding tert-OH is 1. The second-order valence-corrected chi connectivity index (χ2v) is 5.32. The average molecular weight is 305 g/mol. The van der Waals surface area contributed by atoms with Gasteiger partial charge in [-0.2, -0.15) is 5.10 Å². The molecule has 1 aliphatic heterocycles. The van der Waals surface area contributed by atoms with Crippen LogP contribution in [0.4, 0.5) is 5.82 Å². The van der Waals surface area contributed by atoms with Crippen molar-refractivity contribution in [1.29, 1.82) is 0 Å². The molecule has 8 nitrogen and oxygen atoms in total. The number of aliphatic hydroxyl groups is 1. The zero-order chi connectivity index (χ0) is 15.7. The number of hydrogen-bond donors (Lipinski definition) is 1. The van der Waals surface area contributed by atoms with Crippen molar-refractivity contribution in [1.82, 2.24) is 19.3 Å². The predicted octanol–water partition coefficient (Wildman–Crippen LogP) is -0.375. The van der Waals surface area contributed by atoms with Crippen LogP contribution in [0, 0.1) is 0 Å². The van der Waals surface area contributed by atoms with Crippen molar-refractivity contribution in [2.75, 3.05) is 18.0 Å². The molecule has 0 unspecified atom stereocenters. The number of nitrogens with zero attached hydrogens (tertiary/aromatic N) is 5. The smallest absolute Gasteiger partial charge is 0.293 e. The quantitative estimate of drug-likeness (QED) is 0.829. The lowest BCUT2D eigenvalue weighted by atomic mass is 10.3. The largest absolute Gasteiger partial charge is 0.482 e. The summed E-state index contributed by atoms with van der Waals surface area (Å²) in [6, 6.07) is 0. The molecule has 3 rings (SSSR count). The third kappa shape index (κ3) is 2.69. The lowest BCUT2D eigenvalue weighted by molar-refractivity contribution is 0.0737. The molecule has 118 valence electrons. The van der Waals surface area contributed by atoms with E-state index in [0.29, 0.717) is 31.2 Å². The van der Waals surface area contributed by atoms with Gasteiger partial charge in [-0.15, -0.1) is 0 Å². The van der Waals surface area contributed by atoms with Crippen LogP contribution in [0.2, 0.25) is 0 Å². The molecule has 0 spiro atoms. The van der Waals surface area contributed by atoms with Crippen molar-refractivity contribution in [2.45, 2.75) is 25.7 Å². The van der Waals surface area contributed by atoms with Crippen molar-refractivity contribution >= 4 is 5.82 Å². The maximum Gasteiger partial charge on any atom is 0.293 e. The van der Waals surface area contributed by atoms with Gasteiger partial charge in [-0.05, 0) is 6.92 Å². The van der Waals surface area contributed by atoms with Crippen LogP contribution in [-0.2, 0) is 13.6 Å². The zero-order valence-corrected chi connectivity index (χ0v) is 12.6. The van der Waals surface area contributed by atoms with Crippen LogP contribution in [0.25, 0.3) is 0 Å². The molecule has 1 N–H and O–H groups in total. The van der Waals surface area contributed by atoms with Crippen molar-refractivity contribution in [2.24, 2.45) is 7.05 Å². The molecule has 1 aliphatic rings. The Balaban J connectivity index is 1.77. The first kappa shape index (κ1) is 14.6. The van der Waals surface area contributed by atoms with Gasteiger partial charge in [0.15, 0.2) is 11.6 Å². The molecular weight excluding hydrogens is 286 g/mol. The Bertz CT molecular complexity index is 710. The van der Waals surface area contributed by atoms with Crippen molar-refractivity contribution in [3.05, 3.63) is 35.1 Å². The summed E-state index contributed by atoms with van der Waals surface area (Å²) in [5.74, 6) is 0.945. The van der Waals surface area contributed by atoms with Gasteiger partial charge in [0, 0.05) is 32.5 Å². The number of hydrogen-bond acceptors (Lipinski definition) is 6. The second-order valence-electron chi connectivity index (χ2n) is 5.32. The highest BCUT2D eigenvalue weighted by Crippen LogP contribution is 2.20. The van der Waals surface area contributed by atoms with Gasteiger partial charge < -0.3 is 19.3 Å². The van der Waals surface area contributed by atoms with E-state index in [9.17, 15) is 9.90 Å². The van der Waals surface area contributed by atoms with Gasteiger partial charge in [0.2, 0.25) is 0 Å². The molecule has 0 bridgehead atoms. The van der Waals surface area contributed by atoms with Crippen LogP contribution in [0.3, 0.4) is 0 Å². The minimum absolute atomic E-state index is 0.153. The highest BCUT2D eigenvalue weighted by atomic mass is 16.5. The summed E-state index contributed by atoms with van der Waals surface area (Å²) in [5, 5.41) is 14.2. The van der Waals surface area contributed by atoms with Gasteiger partial charge in [0.25, 0.3) is 5.56 Å². The number of aryl methyl sites for hydroxylation is 2. The molecular formula is C14H19N5O3. The SMILES string of the molecule is CCn1ccnc(N2C[C@@H](O)[C@H](Oc3cnn(C)c3)C2)c1=O. The third-order valence-electron chi connectivity index (χ3n) is 3.74. The highest BCUT2D eigenvalue weighted by molar-refractivity contribution is 5.38. The van der Waals surface area contributed by atoms with E-state index in [1.54, 1.807) is 46.0 Å². The van der Waals surface area contributed by atoms with Crippen LogP contribution < -0.4 is 15.2 Å². The van der Waals surface area contributed by atoms with Crippen LogP contribution in [-0.4, -0.2) is 49.7 Å². The fraction of sp³-hybridized carbons (Fsp3) is 0.500. The van der Waals surface area contributed by atoms with Gasteiger partial charge in [-0.3, -0.25) is 9.48 Å². The fourth-order valence-corrected chi connectivity index (χ4v) is 2.58. The van der Waals surface area contributed by atoms with E-state index >= 15 is 0 Å². The molecule has 0 aromatic carbocycles. The molecule has 8 heteroatoms. The fourth-order valence-electron chi connectivity index (χ4n) is 2.58. The standard InChI is InChI=1S/C14H19N5O3/c1-3-18-5-4-15-13(14(18)21)19-8-11(20)12(9-19)22-10-6-16-17(2)7-10/h4-7,11-12,20H,3,8-9H2,1-2H3/t11-,12-/m1/s1. The van der Waals surface area contributed by atoms with Crippen LogP contribution >= 0.6 is 0 Å². The molecule has 1 saturated heterocycles. The van der Waals surface area contributed by atoms with Crippen LogP contribution in [0.1, 0.15) is 6.92 Å². The summed E-state index contributed by atoms with van der Waals surface area (Å²) in [6.07, 6.45) is 5.49. The van der Waals surface area contributed by atoms with Crippen molar-refractivity contribution < 1.29 is 9.84 Å². The molecule has 0 aliphatic carbocycles. The number of β-amino-alcohol motifs (C(OH)–C–C–N with tert-alkyl or cyclic N) is 1. The summed E-state index contributed by atoms with van der Waals surface area (Å²) in [7, 11) is 1.80. The minimum atomic E-state index is -0.684. The van der Waals surface area contributed by atoms with Crippen LogP contribution in [0.5, 0.6) is 5.75 Å². The monoisotopic (exact) mass is 305 g/mol. The van der Waals surface area contributed by atoms with E-state index in [4.69, 9.17) is 4.74 Å². The van der Waals surface area contributed by atoms with Gasteiger partial charge >= 0.3 is 0 Å². The Morgan fingerprint density at radius 3 is 2.95 bits per heavy atom. The van der Waals surface area contributed by atoms with E-state index in [0.717, 1.165) is 0 Å². The van der Waals surface area contributed by atoms with Crippen LogP contribution in [0.15, 0.2) is 29.6 Å². The molecule has 1 fully saturated rings. The zero-order valence-electron chi connectivity index (χ0n) is 12.6. The molecule has 2 atom stereocenters. The Hall–Kier alpha value is -2.35. The van der Waals surface area contributed by atoms with Crippen molar-refractivity contribution in [3.63, 3.8) is 0 Å². The average Bonchev–Trinajstić information content (AvgIpc) is 3.06. The molecule has 0 radical (unpaired) electrons. The maximum atomic E-state index is 12.3. The molecule has 3 heterocycles. The Labute approximate surface area is 127 Å². The van der Waals surface area contributed by atoms with Crippen molar-refractivity contribution in [3.8, 4) is 5.75 Å². The number of aromatic nitrogens is 4. The second kappa shape index (κ2) is 5.80. The Morgan fingerprint density at radius 1 is 1.45 bits per heavy atom. The molecule has 2 aromatic heterocycles. The lowest BCUT2D eigenvalue weighted by Crippen LogP contribution is -2.33. The molecule has 2 aromatic rings. The lowest BCUT2D eigenvalue weighted by Gasteiger charge is -2.17. The summed E-state index contributed by atoms with van der Waals surface area (Å²) >= 11 is 0. The first-order chi connectivity index (χ1) is 10.6. The summed E-state index contributed by atoms with van der Waals surface area (Å²) in [6.45, 7) is 3.21. The Morgan fingerprint density at radius 2 is 2.27 bits per heavy atom. The maximum absolute atomic E-state index is 12.3. The summed E-state index contributed by atoms with van der Waals surface area (Å²) in [5.41, 5.74) is -0.153. The van der Waals surface area contributed by atoms with E-state index in [2.05, 4.69) is 10.1 Å². The number of rotatable bonds is 4. The predicted molar refractivity (Wildman–Crippen MR) is 80.0 cm³/mol. The molecule has 0 saturated carbocycles.